The SMILES string of the molecule is NCCP(=O)([O-])[O-].O=P([O-])([O-])O.[Zr+4]. The topological polar surface area (TPSA) is 173 Å². The van der Waals surface area contributed by atoms with Gasteiger partial charge < -0.3 is 39.3 Å². The molecule has 0 aliphatic carbocycles. The molecule has 0 atom stereocenters. The van der Waals surface area contributed by atoms with Crippen molar-refractivity contribution in [1.29, 1.82) is 0 Å². The molecule has 0 bridgehead atoms. The molecule has 76 valence electrons. The Balaban J connectivity index is -0.000000150. The van der Waals surface area contributed by atoms with Crippen LogP contribution in [0.15, 0.2) is 0 Å². The zero-order valence-corrected chi connectivity index (χ0v) is 10.5. The molecule has 0 aromatic carbocycles. The standard InChI is InChI=1S/C2H8NO3P.H3O4P.Zr/c3-1-2-7(4,5)6;1-5(2,3)4;/h1-3H2,(H2,4,5,6);(H3,1,2,3,4);/q;;+4/p-4. The number of phosphoric acid groups is 1. The van der Waals surface area contributed by atoms with Gasteiger partial charge in [0.25, 0.3) is 0 Å². The molecule has 0 fully saturated rings. The quantitative estimate of drug-likeness (QED) is 0.481. The largest absolute Gasteiger partial charge is 4.00 e. The van der Waals surface area contributed by atoms with E-state index in [1.807, 2.05) is 0 Å². The molecule has 0 saturated carbocycles. The van der Waals surface area contributed by atoms with Crippen molar-refractivity contribution >= 4 is 15.4 Å². The number of hydrogen-bond acceptors (Lipinski definition) is 7. The molecule has 0 heterocycles. The first-order valence-electron chi connectivity index (χ1n) is 2.52. The Hall–Kier alpha value is 1.10. The molecular formula is C2H7NO7P2Zr. The third kappa shape index (κ3) is 62.0. The van der Waals surface area contributed by atoms with Crippen LogP contribution in [0.3, 0.4) is 0 Å². The molecule has 0 aliphatic rings. The molecule has 13 heavy (non-hydrogen) atoms. The Morgan fingerprint density at radius 3 is 1.38 bits per heavy atom. The van der Waals surface area contributed by atoms with E-state index in [-0.39, 0.29) is 32.7 Å². The number of nitrogens with two attached hydrogens (primary N) is 1. The van der Waals surface area contributed by atoms with E-state index in [0.717, 1.165) is 0 Å². The van der Waals surface area contributed by atoms with Crippen LogP contribution in [0.5, 0.6) is 0 Å². The van der Waals surface area contributed by atoms with Gasteiger partial charge in [-0.1, -0.05) is 7.60 Å². The first-order valence-corrected chi connectivity index (χ1v) is 5.74. The minimum atomic E-state index is -5.14. The summed E-state index contributed by atoms with van der Waals surface area (Å²) >= 11 is 0. The second kappa shape index (κ2) is 8.41. The first-order chi connectivity index (χ1) is 5.06. The molecule has 3 N–H and O–H groups in total. The number of hydrogen-bond donors (Lipinski definition) is 2. The summed E-state index contributed by atoms with van der Waals surface area (Å²) < 4.78 is 18.3. The van der Waals surface area contributed by atoms with Crippen molar-refractivity contribution < 1.29 is 59.8 Å². The second-order valence-electron chi connectivity index (χ2n) is 1.59. The zero-order valence-electron chi connectivity index (χ0n) is 6.28. The zero-order chi connectivity index (χ0) is 10.4. The van der Waals surface area contributed by atoms with E-state index < -0.39 is 21.6 Å². The molecule has 0 radical (unpaired) electrons. The minimum Gasteiger partial charge on any atom is -0.811 e. The molecule has 0 aliphatic heterocycles. The van der Waals surface area contributed by atoms with E-state index in [2.05, 4.69) is 0 Å². The van der Waals surface area contributed by atoms with Crippen LogP contribution >= 0.6 is 15.4 Å². The fourth-order valence-electron chi connectivity index (χ4n) is 0.158. The molecule has 0 saturated heterocycles. The van der Waals surface area contributed by atoms with E-state index in [1.165, 1.54) is 0 Å². The molecule has 0 rings (SSSR count). The summed E-state index contributed by atoms with van der Waals surface area (Å²) in [4.78, 5) is 43.5. The maximum Gasteiger partial charge on any atom is 4.00 e. The smallest absolute Gasteiger partial charge is 0.811 e. The van der Waals surface area contributed by atoms with Gasteiger partial charge in [-0.2, -0.15) is 0 Å². The number of rotatable bonds is 2. The predicted molar refractivity (Wildman–Crippen MR) is 31.4 cm³/mol. The minimum absolute atomic E-state index is 0. The van der Waals surface area contributed by atoms with Crippen LogP contribution < -0.4 is 25.3 Å². The Kier molecular flexibility index (Phi) is 12.7. The maximum absolute atomic E-state index is 9.62. The summed E-state index contributed by atoms with van der Waals surface area (Å²) in [6, 6.07) is 0. The summed E-state index contributed by atoms with van der Waals surface area (Å²) in [5, 5.41) is 0. The van der Waals surface area contributed by atoms with E-state index in [4.69, 9.17) is 25.0 Å². The van der Waals surface area contributed by atoms with Gasteiger partial charge in [-0.25, -0.2) is 0 Å². The van der Waals surface area contributed by atoms with E-state index in [9.17, 15) is 14.4 Å². The maximum atomic E-state index is 9.62. The van der Waals surface area contributed by atoms with Crippen molar-refractivity contribution in [2.75, 3.05) is 12.7 Å². The summed E-state index contributed by atoms with van der Waals surface area (Å²) in [7, 11) is -9.43. The van der Waals surface area contributed by atoms with Crippen molar-refractivity contribution in [2.45, 2.75) is 0 Å². The fourth-order valence-corrected chi connectivity index (χ4v) is 0.474. The molecule has 8 nitrogen and oxygen atoms in total. The van der Waals surface area contributed by atoms with Gasteiger partial charge in [-0.15, -0.1) is 0 Å². The van der Waals surface area contributed by atoms with Gasteiger partial charge in [-0.3, -0.25) is 0 Å². The molecule has 0 aromatic rings. The second-order valence-corrected chi connectivity index (χ2v) is 4.20. The van der Waals surface area contributed by atoms with Crippen LogP contribution in [0.2, 0.25) is 0 Å². The summed E-state index contributed by atoms with van der Waals surface area (Å²) in [6.07, 6.45) is -0.438. The Morgan fingerprint density at radius 2 is 1.38 bits per heavy atom. The average molecular weight is 310 g/mol. The third-order valence-corrected chi connectivity index (χ3v) is 1.21. The Labute approximate surface area is 93.7 Å². The van der Waals surface area contributed by atoms with E-state index in [1.54, 1.807) is 0 Å². The van der Waals surface area contributed by atoms with Gasteiger partial charge in [0, 0.05) is 0 Å². The van der Waals surface area contributed by atoms with Crippen molar-refractivity contribution in [3.63, 3.8) is 0 Å². The molecule has 0 spiro atoms. The Bertz CT molecular complexity index is 188. The normalized spacial score (nSPS) is 10.9. The van der Waals surface area contributed by atoms with Gasteiger partial charge in [-0.05, 0) is 12.7 Å². The average Bonchev–Trinajstić information content (AvgIpc) is 1.54. The summed E-state index contributed by atoms with van der Waals surface area (Å²) in [5.74, 6) is 0. The third-order valence-electron chi connectivity index (χ3n) is 0.403. The molecule has 0 unspecified atom stereocenters. The summed E-state index contributed by atoms with van der Waals surface area (Å²) in [6.45, 7) is -0.0791. The molecule has 11 heteroatoms. The van der Waals surface area contributed by atoms with Crippen molar-refractivity contribution in [1.82, 2.24) is 0 Å². The van der Waals surface area contributed by atoms with Crippen molar-refractivity contribution in [3.05, 3.63) is 0 Å². The first kappa shape index (κ1) is 19.6. The summed E-state index contributed by atoms with van der Waals surface area (Å²) in [5.41, 5.74) is 4.74. The van der Waals surface area contributed by atoms with Crippen molar-refractivity contribution in [2.24, 2.45) is 5.73 Å². The van der Waals surface area contributed by atoms with Crippen LogP contribution in [-0.2, 0) is 35.3 Å². The van der Waals surface area contributed by atoms with Gasteiger partial charge in [0.2, 0.25) is 0 Å². The molecular weight excluding hydrogens is 303 g/mol. The van der Waals surface area contributed by atoms with Gasteiger partial charge in [0.1, 0.15) is 0 Å². The molecule has 0 amide bonds. The van der Waals surface area contributed by atoms with Gasteiger partial charge >= 0.3 is 26.2 Å². The van der Waals surface area contributed by atoms with Crippen LogP contribution in [0.4, 0.5) is 0 Å². The van der Waals surface area contributed by atoms with Crippen LogP contribution in [0.25, 0.3) is 0 Å². The van der Waals surface area contributed by atoms with Crippen LogP contribution in [0.1, 0.15) is 0 Å². The van der Waals surface area contributed by atoms with Gasteiger partial charge in [0.05, 0.1) is 7.82 Å². The van der Waals surface area contributed by atoms with Crippen molar-refractivity contribution in [3.8, 4) is 0 Å². The van der Waals surface area contributed by atoms with E-state index >= 15 is 0 Å². The van der Waals surface area contributed by atoms with Gasteiger partial charge in [0.15, 0.2) is 0 Å². The molecule has 0 aromatic heterocycles. The van der Waals surface area contributed by atoms with Crippen LogP contribution in [0, 0.1) is 0 Å². The van der Waals surface area contributed by atoms with Crippen LogP contribution in [-0.4, -0.2) is 17.6 Å². The monoisotopic (exact) mass is 309 g/mol. The fraction of sp³-hybridized carbons (Fsp3) is 1.00. The van der Waals surface area contributed by atoms with E-state index in [0.29, 0.717) is 0 Å². The Morgan fingerprint density at radius 1 is 1.15 bits per heavy atom. The predicted octanol–water partition coefficient (Wildman–Crippen LogP) is -4.34.